The van der Waals surface area contributed by atoms with Crippen molar-refractivity contribution in [2.45, 2.75) is 0 Å². The van der Waals surface area contributed by atoms with Crippen LogP contribution in [0.5, 0.6) is 0 Å². The molecule has 0 aromatic carbocycles. The first-order chi connectivity index (χ1) is 4.12. The van der Waals surface area contributed by atoms with Crippen molar-refractivity contribution in [1.82, 2.24) is 0 Å². The quantitative estimate of drug-likeness (QED) is 0.345. The van der Waals surface area contributed by atoms with Crippen molar-refractivity contribution in [3.8, 4) is 0 Å². The predicted molar refractivity (Wildman–Crippen MR) is 22.1 cm³/mol. The molecule has 0 fully saturated rings. The maximum absolute atomic E-state index is 10.1. The molecule has 0 aliphatic heterocycles. The molecule has 0 saturated carbocycles. The summed E-state index contributed by atoms with van der Waals surface area (Å²) in [6, 6.07) is 0. The van der Waals surface area contributed by atoms with Crippen LogP contribution in [0.4, 0.5) is 0 Å². The third-order valence-electron chi connectivity index (χ3n) is 0.483. The first-order valence-electron chi connectivity index (χ1n) is 2.03. The fraction of sp³-hybridized carbons (Fsp3) is 1.00. The van der Waals surface area contributed by atoms with Crippen molar-refractivity contribution in [2.24, 2.45) is 0 Å². The Morgan fingerprint density at radius 1 is 1.00 bits per heavy atom. The maximum atomic E-state index is 10.1. The zero-order chi connectivity index (χ0) is 7.33. The Labute approximate surface area is 109 Å². The average Bonchev–Trinajstić information content (AvgIpc) is 1.64. The van der Waals surface area contributed by atoms with E-state index in [0.717, 1.165) is 0 Å². The Morgan fingerprint density at radius 2 is 1.27 bits per heavy atom. The number of aliphatic hydroxyl groups excluding tert-OH is 2. The first-order valence-corrected chi connectivity index (χ1v) is 3.66. The van der Waals surface area contributed by atoms with E-state index in [1.165, 1.54) is 0 Å². The second-order valence-electron chi connectivity index (χ2n) is 1.05. The summed E-state index contributed by atoms with van der Waals surface area (Å²) in [5.74, 6) is 0. The van der Waals surface area contributed by atoms with E-state index in [1.807, 2.05) is 0 Å². The normalized spacial score (nSPS) is 9.82. The molecule has 0 amide bonds. The summed E-state index contributed by atoms with van der Waals surface area (Å²) in [7, 11) is -4.70. The molecule has 9 heteroatoms. The van der Waals surface area contributed by atoms with Crippen molar-refractivity contribution in [3.05, 3.63) is 0 Å². The van der Waals surface area contributed by atoms with Gasteiger partial charge in [-0.05, 0) is 0 Å². The molecule has 0 aromatic heterocycles. The maximum Gasteiger partial charge on any atom is 1.00 e. The predicted octanol–water partition coefficient (Wildman–Crippen LogP) is -9.92. The van der Waals surface area contributed by atoms with Crippen molar-refractivity contribution >= 4 is 9.05 Å². The van der Waals surface area contributed by atoms with Crippen LogP contribution in [0, 0.1) is 0 Å². The molecule has 6 nitrogen and oxygen atoms in total. The van der Waals surface area contributed by atoms with Gasteiger partial charge in [-0.1, -0.05) is 0 Å². The minimum absolute atomic E-state index is 0. The van der Waals surface area contributed by atoms with Crippen LogP contribution in [0.25, 0.3) is 0 Å². The summed E-state index contributed by atoms with van der Waals surface area (Å²) in [6.07, 6.45) is 0. The SMILES string of the molecule is [Na+].[Na+].[O-][Si]([O-])(OCO)OCO. The summed E-state index contributed by atoms with van der Waals surface area (Å²) in [5, 5.41) is 15.8. The van der Waals surface area contributed by atoms with Crippen LogP contribution in [-0.4, -0.2) is 32.8 Å². The van der Waals surface area contributed by atoms with Crippen LogP contribution in [0.2, 0.25) is 0 Å². The van der Waals surface area contributed by atoms with Gasteiger partial charge in [-0.3, -0.25) is 0 Å². The van der Waals surface area contributed by atoms with E-state index in [4.69, 9.17) is 10.2 Å². The molecule has 0 unspecified atom stereocenters. The van der Waals surface area contributed by atoms with Gasteiger partial charge in [0.1, 0.15) is 13.6 Å². The zero-order valence-electron chi connectivity index (χ0n) is 6.44. The van der Waals surface area contributed by atoms with Crippen molar-refractivity contribution in [3.63, 3.8) is 0 Å². The fourth-order valence-corrected chi connectivity index (χ4v) is 0.599. The van der Waals surface area contributed by atoms with E-state index in [-0.39, 0.29) is 59.1 Å². The monoisotopic (exact) mass is 200 g/mol. The molecule has 0 heterocycles. The number of aliphatic hydroxyl groups is 2. The topological polar surface area (TPSA) is 105 Å². The molecule has 0 aliphatic carbocycles. The number of rotatable bonds is 4. The molecule has 0 saturated heterocycles. The standard InChI is InChI=1S/C2H6O6Si.2Na/c3-1-7-9(5,6)8-2-4;;/h3-4H,1-2H2;;/q-2;2*+1. The van der Waals surface area contributed by atoms with Gasteiger partial charge in [0.15, 0.2) is 9.05 Å². The number of hydrogen-bond acceptors (Lipinski definition) is 6. The molecule has 0 aliphatic rings. The summed E-state index contributed by atoms with van der Waals surface area (Å²) in [5.41, 5.74) is 0. The largest absolute Gasteiger partial charge is 1.00 e. The Bertz CT molecular complexity index is 73.0. The molecule has 2 N–H and O–H groups in total. The van der Waals surface area contributed by atoms with Crippen molar-refractivity contribution in [2.75, 3.05) is 13.6 Å². The summed E-state index contributed by atoms with van der Waals surface area (Å²) < 4.78 is 7.34. The molecule has 11 heavy (non-hydrogen) atoms. The van der Waals surface area contributed by atoms with Gasteiger partial charge in [0.25, 0.3) is 0 Å². The van der Waals surface area contributed by atoms with Crippen LogP contribution in [-0.2, 0) is 8.85 Å². The Morgan fingerprint density at radius 3 is 1.45 bits per heavy atom. The third kappa shape index (κ3) is 12.0. The smallest absolute Gasteiger partial charge is 0.828 e. The van der Waals surface area contributed by atoms with E-state index >= 15 is 0 Å². The minimum Gasteiger partial charge on any atom is -0.828 e. The van der Waals surface area contributed by atoms with E-state index in [0.29, 0.717) is 0 Å². The fourth-order valence-electron chi connectivity index (χ4n) is 0.200. The molecular weight excluding hydrogens is 194 g/mol. The summed E-state index contributed by atoms with van der Waals surface area (Å²) in [4.78, 5) is 20.2. The van der Waals surface area contributed by atoms with Crippen LogP contribution < -0.4 is 68.7 Å². The average molecular weight is 200 g/mol. The minimum atomic E-state index is -4.70. The molecule has 0 radical (unpaired) electrons. The first kappa shape index (κ1) is 18.7. The van der Waals surface area contributed by atoms with Gasteiger partial charge in [-0.15, -0.1) is 0 Å². The Balaban J connectivity index is -0.000000320. The van der Waals surface area contributed by atoms with E-state index in [9.17, 15) is 9.59 Å². The van der Waals surface area contributed by atoms with Crippen LogP contribution >= 0.6 is 0 Å². The van der Waals surface area contributed by atoms with Crippen LogP contribution in [0.1, 0.15) is 0 Å². The van der Waals surface area contributed by atoms with E-state index < -0.39 is 22.6 Å². The molecule has 0 bridgehead atoms. The van der Waals surface area contributed by atoms with Crippen molar-refractivity contribution in [1.29, 1.82) is 0 Å². The Hall–Kier alpha value is 1.98. The van der Waals surface area contributed by atoms with Crippen LogP contribution in [0.3, 0.4) is 0 Å². The molecule has 0 spiro atoms. The second-order valence-corrected chi connectivity index (χ2v) is 2.62. The third-order valence-corrected chi connectivity index (χ3v) is 1.45. The van der Waals surface area contributed by atoms with Crippen molar-refractivity contribution < 1.29 is 87.8 Å². The zero-order valence-corrected chi connectivity index (χ0v) is 11.4. The van der Waals surface area contributed by atoms with Gasteiger partial charge < -0.3 is 28.7 Å². The van der Waals surface area contributed by atoms with E-state index in [2.05, 4.69) is 8.85 Å². The molecule has 0 atom stereocenters. The summed E-state index contributed by atoms with van der Waals surface area (Å²) >= 11 is 0. The summed E-state index contributed by atoms with van der Waals surface area (Å²) in [6.45, 7) is -1.95. The van der Waals surface area contributed by atoms with Gasteiger partial charge in [0.2, 0.25) is 0 Å². The van der Waals surface area contributed by atoms with Gasteiger partial charge in [-0.2, -0.15) is 0 Å². The van der Waals surface area contributed by atoms with E-state index in [1.54, 1.807) is 0 Å². The van der Waals surface area contributed by atoms with Gasteiger partial charge >= 0.3 is 59.1 Å². The van der Waals surface area contributed by atoms with Gasteiger partial charge in [-0.25, -0.2) is 0 Å². The number of hydrogen-bond donors (Lipinski definition) is 2. The Kier molecular flexibility index (Phi) is 17.1. The molecule has 0 aromatic rings. The molecule has 0 rings (SSSR count). The van der Waals surface area contributed by atoms with Gasteiger partial charge in [0.05, 0.1) is 0 Å². The second kappa shape index (κ2) is 10.1. The van der Waals surface area contributed by atoms with Gasteiger partial charge in [0, 0.05) is 0 Å². The molecular formula is C2H6Na2O6Si. The molecule has 56 valence electrons. The van der Waals surface area contributed by atoms with Crippen LogP contribution in [0.15, 0.2) is 0 Å².